The van der Waals surface area contributed by atoms with Crippen molar-refractivity contribution in [2.24, 2.45) is 17.6 Å². The number of likely N-dealkylation sites (tertiary alicyclic amines) is 1. The zero-order valence-electron chi connectivity index (χ0n) is 13.4. The van der Waals surface area contributed by atoms with E-state index in [1.807, 2.05) is 0 Å². The molecule has 1 atom stereocenters. The van der Waals surface area contributed by atoms with Crippen molar-refractivity contribution in [1.29, 1.82) is 0 Å². The summed E-state index contributed by atoms with van der Waals surface area (Å²) in [4.78, 5) is 5.10. The summed E-state index contributed by atoms with van der Waals surface area (Å²) in [5.41, 5.74) is 6.52. The molecule has 2 aliphatic rings. The molecule has 2 rings (SSSR count). The number of nitrogens with two attached hydrogens (primary N) is 1. The van der Waals surface area contributed by atoms with Gasteiger partial charge in [-0.15, -0.1) is 0 Å². The van der Waals surface area contributed by atoms with E-state index < -0.39 is 0 Å². The maximum atomic E-state index is 6.21. The summed E-state index contributed by atoms with van der Waals surface area (Å²) in [6.07, 6.45) is 6.68. The molecule has 2 fully saturated rings. The highest BCUT2D eigenvalue weighted by atomic mass is 15.3. The molecule has 0 aromatic rings. The van der Waals surface area contributed by atoms with Crippen LogP contribution >= 0.6 is 0 Å². The molecule has 1 saturated carbocycles. The van der Waals surface area contributed by atoms with E-state index in [9.17, 15) is 0 Å². The molecular weight excluding hydrogens is 234 g/mol. The molecule has 0 radical (unpaired) electrons. The van der Waals surface area contributed by atoms with Crippen LogP contribution in [0.1, 0.15) is 46.0 Å². The molecule has 3 nitrogen and oxygen atoms in total. The van der Waals surface area contributed by atoms with Crippen molar-refractivity contribution < 1.29 is 0 Å². The van der Waals surface area contributed by atoms with E-state index in [2.05, 4.69) is 37.7 Å². The summed E-state index contributed by atoms with van der Waals surface area (Å²) in [7, 11) is 4.41. The SMILES string of the molecule is CC(C)C1CCC(CN)(N2CCC(N(C)C)C2)CC1. The Balaban J connectivity index is 1.97. The summed E-state index contributed by atoms with van der Waals surface area (Å²) in [6.45, 7) is 8.05. The van der Waals surface area contributed by atoms with Crippen molar-refractivity contribution in [1.82, 2.24) is 9.80 Å². The molecule has 2 N–H and O–H groups in total. The monoisotopic (exact) mass is 267 g/mol. The average Bonchev–Trinajstić information content (AvgIpc) is 2.89. The number of likely N-dealkylation sites (N-methyl/N-ethyl adjacent to an activating group) is 1. The summed E-state index contributed by atoms with van der Waals surface area (Å²) < 4.78 is 0. The van der Waals surface area contributed by atoms with Gasteiger partial charge in [0, 0.05) is 31.2 Å². The van der Waals surface area contributed by atoms with Crippen LogP contribution in [0.4, 0.5) is 0 Å². The van der Waals surface area contributed by atoms with Gasteiger partial charge in [-0.2, -0.15) is 0 Å². The van der Waals surface area contributed by atoms with Gasteiger partial charge in [-0.25, -0.2) is 0 Å². The third-order valence-electron chi connectivity index (χ3n) is 5.85. The molecule has 1 aliphatic carbocycles. The van der Waals surface area contributed by atoms with Crippen molar-refractivity contribution in [3.05, 3.63) is 0 Å². The van der Waals surface area contributed by atoms with E-state index in [-0.39, 0.29) is 0 Å². The van der Waals surface area contributed by atoms with Gasteiger partial charge in [-0.3, -0.25) is 4.90 Å². The molecule has 0 aromatic carbocycles. The Morgan fingerprint density at radius 3 is 2.26 bits per heavy atom. The van der Waals surface area contributed by atoms with Crippen LogP contribution < -0.4 is 5.73 Å². The van der Waals surface area contributed by atoms with Crippen LogP contribution in [0.5, 0.6) is 0 Å². The van der Waals surface area contributed by atoms with Gasteiger partial charge in [-0.1, -0.05) is 13.8 Å². The van der Waals surface area contributed by atoms with Crippen molar-refractivity contribution >= 4 is 0 Å². The lowest BCUT2D eigenvalue weighted by Gasteiger charge is -2.47. The summed E-state index contributed by atoms with van der Waals surface area (Å²) >= 11 is 0. The Labute approximate surface area is 119 Å². The molecule has 0 bridgehead atoms. The van der Waals surface area contributed by atoms with Gasteiger partial charge in [0.05, 0.1) is 0 Å². The van der Waals surface area contributed by atoms with Gasteiger partial charge in [0.1, 0.15) is 0 Å². The average molecular weight is 267 g/mol. The van der Waals surface area contributed by atoms with Crippen LogP contribution in [0.2, 0.25) is 0 Å². The molecule has 0 aromatic heterocycles. The van der Waals surface area contributed by atoms with E-state index in [4.69, 9.17) is 5.73 Å². The second kappa shape index (κ2) is 6.11. The lowest BCUT2D eigenvalue weighted by molar-refractivity contribution is 0.0490. The smallest absolute Gasteiger partial charge is 0.0332 e. The van der Waals surface area contributed by atoms with E-state index >= 15 is 0 Å². The van der Waals surface area contributed by atoms with E-state index in [1.165, 1.54) is 45.2 Å². The van der Waals surface area contributed by atoms with Crippen LogP contribution in [-0.4, -0.2) is 55.1 Å². The standard InChI is InChI=1S/C16H33N3/c1-13(2)14-5-8-16(12-17,9-6-14)19-10-7-15(11-19)18(3)4/h13-15H,5-12,17H2,1-4H3. The van der Waals surface area contributed by atoms with Crippen LogP contribution in [0.15, 0.2) is 0 Å². The maximum Gasteiger partial charge on any atom is 0.0332 e. The van der Waals surface area contributed by atoms with Crippen molar-refractivity contribution in [3.8, 4) is 0 Å². The Morgan fingerprint density at radius 2 is 1.84 bits per heavy atom. The minimum absolute atomic E-state index is 0.316. The first-order chi connectivity index (χ1) is 8.98. The maximum absolute atomic E-state index is 6.21. The Morgan fingerprint density at radius 1 is 1.21 bits per heavy atom. The lowest BCUT2D eigenvalue weighted by atomic mass is 9.72. The first-order valence-corrected chi connectivity index (χ1v) is 8.10. The topological polar surface area (TPSA) is 32.5 Å². The normalized spacial score (nSPS) is 37.4. The van der Waals surface area contributed by atoms with Gasteiger partial charge in [0.2, 0.25) is 0 Å². The summed E-state index contributed by atoms with van der Waals surface area (Å²) in [5.74, 6) is 1.76. The third kappa shape index (κ3) is 3.14. The van der Waals surface area contributed by atoms with Gasteiger partial charge in [-0.05, 0) is 58.0 Å². The first-order valence-electron chi connectivity index (χ1n) is 8.10. The Bertz CT molecular complexity index is 280. The van der Waals surface area contributed by atoms with Crippen molar-refractivity contribution in [2.75, 3.05) is 33.7 Å². The summed E-state index contributed by atoms with van der Waals surface area (Å²) in [6, 6.07) is 0.728. The molecule has 3 heteroatoms. The van der Waals surface area contributed by atoms with E-state index in [1.54, 1.807) is 0 Å². The van der Waals surface area contributed by atoms with Crippen LogP contribution in [-0.2, 0) is 0 Å². The number of rotatable bonds is 4. The molecule has 0 amide bonds. The predicted molar refractivity (Wildman–Crippen MR) is 82.2 cm³/mol. The predicted octanol–water partition coefficient (Wildman–Crippen LogP) is 2.17. The van der Waals surface area contributed by atoms with Gasteiger partial charge < -0.3 is 10.6 Å². The van der Waals surface area contributed by atoms with Crippen LogP contribution in [0, 0.1) is 11.8 Å². The fourth-order valence-corrected chi connectivity index (χ4v) is 4.09. The van der Waals surface area contributed by atoms with Gasteiger partial charge in [0.15, 0.2) is 0 Å². The highest BCUT2D eigenvalue weighted by molar-refractivity contribution is 5.00. The third-order valence-corrected chi connectivity index (χ3v) is 5.85. The molecule has 112 valence electrons. The molecule has 1 aliphatic heterocycles. The van der Waals surface area contributed by atoms with Gasteiger partial charge >= 0.3 is 0 Å². The Kier molecular flexibility index (Phi) is 4.91. The summed E-state index contributed by atoms with van der Waals surface area (Å²) in [5, 5.41) is 0. The van der Waals surface area contributed by atoms with E-state index in [0.29, 0.717) is 5.54 Å². The second-order valence-electron chi connectivity index (χ2n) is 7.36. The fourth-order valence-electron chi connectivity index (χ4n) is 4.09. The minimum Gasteiger partial charge on any atom is -0.329 e. The van der Waals surface area contributed by atoms with Crippen LogP contribution in [0.25, 0.3) is 0 Å². The van der Waals surface area contributed by atoms with Crippen molar-refractivity contribution in [3.63, 3.8) is 0 Å². The lowest BCUT2D eigenvalue weighted by Crippen LogP contribution is -2.55. The fraction of sp³-hybridized carbons (Fsp3) is 1.00. The first kappa shape index (κ1) is 15.3. The molecule has 1 unspecified atom stereocenters. The number of hydrogen-bond acceptors (Lipinski definition) is 3. The zero-order chi connectivity index (χ0) is 14.0. The molecule has 0 spiro atoms. The number of nitrogens with zero attached hydrogens (tertiary/aromatic N) is 2. The number of hydrogen-bond donors (Lipinski definition) is 1. The molecule has 1 heterocycles. The van der Waals surface area contributed by atoms with E-state index in [0.717, 1.165) is 24.4 Å². The Hall–Kier alpha value is -0.120. The second-order valence-corrected chi connectivity index (χ2v) is 7.36. The van der Waals surface area contributed by atoms with Crippen molar-refractivity contribution in [2.45, 2.75) is 57.5 Å². The molecule has 19 heavy (non-hydrogen) atoms. The quantitative estimate of drug-likeness (QED) is 0.847. The highest BCUT2D eigenvalue weighted by Gasteiger charge is 2.42. The molecule has 1 saturated heterocycles. The van der Waals surface area contributed by atoms with Gasteiger partial charge in [0.25, 0.3) is 0 Å². The molecular formula is C16H33N3. The van der Waals surface area contributed by atoms with Crippen LogP contribution in [0.3, 0.4) is 0 Å². The minimum atomic E-state index is 0.316. The largest absolute Gasteiger partial charge is 0.329 e. The zero-order valence-corrected chi connectivity index (χ0v) is 13.4. The highest BCUT2D eigenvalue weighted by Crippen LogP contribution is 2.40.